The zero-order valence-corrected chi connectivity index (χ0v) is 8.77. The van der Waals surface area contributed by atoms with E-state index in [1.54, 1.807) is 11.8 Å². The van der Waals surface area contributed by atoms with Gasteiger partial charge in [0.2, 0.25) is 0 Å². The fourth-order valence-corrected chi connectivity index (χ4v) is 1.32. The van der Waals surface area contributed by atoms with E-state index in [0.29, 0.717) is 0 Å². The Bertz CT molecular complexity index is 304. The minimum absolute atomic E-state index is 0.961. The molecular weight excluding hydrogens is 178 g/mol. The summed E-state index contributed by atoms with van der Waals surface area (Å²) in [4.78, 5) is 5.42. The van der Waals surface area contributed by atoms with Crippen LogP contribution in [0.4, 0.5) is 5.69 Å². The first-order chi connectivity index (χ1) is 6.36. The first-order valence-electron chi connectivity index (χ1n) is 4.28. The van der Waals surface area contributed by atoms with Gasteiger partial charge in [0.25, 0.3) is 0 Å². The van der Waals surface area contributed by atoms with Crippen LogP contribution >= 0.6 is 11.8 Å². The van der Waals surface area contributed by atoms with Gasteiger partial charge in [-0.15, -0.1) is 11.8 Å². The molecule has 1 aromatic carbocycles. The third-order valence-corrected chi connectivity index (χ3v) is 2.51. The maximum absolute atomic E-state index is 4.24. The van der Waals surface area contributed by atoms with Gasteiger partial charge in [-0.1, -0.05) is 25.1 Å². The van der Waals surface area contributed by atoms with Crippen LogP contribution in [-0.2, 0) is 0 Å². The van der Waals surface area contributed by atoms with Crippen LogP contribution in [0.1, 0.15) is 13.3 Å². The van der Waals surface area contributed by atoms with Crippen LogP contribution in [0.15, 0.2) is 40.2 Å². The highest BCUT2D eigenvalue weighted by Crippen LogP contribution is 2.13. The Morgan fingerprint density at radius 3 is 2.62 bits per heavy atom. The summed E-state index contributed by atoms with van der Waals surface area (Å²) in [5.41, 5.74) is 0.961. The first kappa shape index (κ1) is 10.1. The quantitative estimate of drug-likeness (QED) is 0.664. The second-order valence-electron chi connectivity index (χ2n) is 2.54. The highest BCUT2D eigenvalue weighted by Gasteiger charge is 1.87. The summed E-state index contributed by atoms with van der Waals surface area (Å²) in [5.74, 6) is 3.04. The Morgan fingerprint density at radius 2 is 2.08 bits per heavy atom. The van der Waals surface area contributed by atoms with E-state index in [0.717, 1.165) is 12.1 Å². The number of allylic oxidation sites excluding steroid dienone is 1. The molecule has 0 spiro atoms. The van der Waals surface area contributed by atoms with E-state index >= 15 is 0 Å². The zero-order valence-electron chi connectivity index (χ0n) is 7.95. The molecule has 0 aliphatic carbocycles. The first-order valence-corrected chi connectivity index (χ1v) is 5.51. The van der Waals surface area contributed by atoms with Gasteiger partial charge < -0.3 is 0 Å². The Balaban J connectivity index is 2.83. The lowest BCUT2D eigenvalue weighted by Crippen LogP contribution is -1.71. The fraction of sp³-hybridized carbons (Fsp3) is 0.273. The summed E-state index contributed by atoms with van der Waals surface area (Å²) in [6.45, 7) is 2.11. The molecule has 0 fully saturated rings. The van der Waals surface area contributed by atoms with Crippen LogP contribution in [-0.4, -0.2) is 12.1 Å². The van der Waals surface area contributed by atoms with Crippen molar-refractivity contribution in [3.8, 4) is 0 Å². The van der Waals surface area contributed by atoms with Gasteiger partial charge in [0.05, 0.1) is 5.69 Å². The summed E-state index contributed by atoms with van der Waals surface area (Å²) < 4.78 is 0. The molecule has 0 heterocycles. The van der Waals surface area contributed by atoms with Crippen molar-refractivity contribution < 1.29 is 0 Å². The number of hydrogen-bond acceptors (Lipinski definition) is 2. The number of nitrogens with zero attached hydrogens (tertiary/aromatic N) is 1. The largest absolute Gasteiger partial charge is 0.205 e. The van der Waals surface area contributed by atoms with Crippen molar-refractivity contribution in [2.45, 2.75) is 13.3 Å². The number of hydrogen-bond donors (Lipinski definition) is 0. The van der Waals surface area contributed by atoms with Crippen molar-refractivity contribution in [3.05, 3.63) is 35.2 Å². The van der Waals surface area contributed by atoms with E-state index in [4.69, 9.17) is 0 Å². The summed E-state index contributed by atoms with van der Waals surface area (Å²) >= 11 is 1.70. The average molecular weight is 191 g/mol. The smallest absolute Gasteiger partial charge is 0.0730 e. The van der Waals surface area contributed by atoms with Gasteiger partial charge in [0, 0.05) is 4.91 Å². The van der Waals surface area contributed by atoms with Gasteiger partial charge in [-0.2, -0.15) is 0 Å². The molecule has 0 bridgehead atoms. The molecule has 0 unspecified atom stereocenters. The van der Waals surface area contributed by atoms with Crippen LogP contribution < -0.4 is 0 Å². The molecule has 2 heteroatoms. The van der Waals surface area contributed by atoms with Crippen molar-refractivity contribution in [2.24, 2.45) is 4.99 Å². The molecule has 1 rings (SSSR count). The predicted octanol–water partition coefficient (Wildman–Crippen LogP) is 3.64. The lowest BCUT2D eigenvalue weighted by molar-refractivity contribution is 1.22. The zero-order chi connectivity index (χ0) is 9.52. The van der Waals surface area contributed by atoms with Gasteiger partial charge >= 0.3 is 0 Å². The molecule has 0 aliphatic heterocycles. The molecule has 0 aliphatic rings. The maximum Gasteiger partial charge on any atom is 0.0730 e. The van der Waals surface area contributed by atoms with E-state index in [9.17, 15) is 0 Å². The predicted molar refractivity (Wildman–Crippen MR) is 60.9 cm³/mol. The van der Waals surface area contributed by atoms with Crippen molar-refractivity contribution in [3.63, 3.8) is 0 Å². The molecule has 0 aromatic heterocycles. The molecule has 13 heavy (non-hydrogen) atoms. The summed E-state index contributed by atoms with van der Waals surface area (Å²) in [6, 6.07) is 9.88. The summed E-state index contributed by atoms with van der Waals surface area (Å²) in [6.07, 6.45) is 3.05. The average Bonchev–Trinajstić information content (AvgIpc) is 2.21. The summed E-state index contributed by atoms with van der Waals surface area (Å²) in [5, 5.41) is 0. The highest BCUT2D eigenvalue weighted by atomic mass is 32.2. The Labute approximate surface area is 83.6 Å². The molecule has 0 saturated carbocycles. The van der Waals surface area contributed by atoms with Gasteiger partial charge in [-0.25, -0.2) is 4.99 Å². The molecule has 1 aromatic rings. The maximum atomic E-state index is 4.24. The number of para-hydroxylation sites is 1. The third kappa shape index (κ3) is 3.49. The van der Waals surface area contributed by atoms with E-state index in [-0.39, 0.29) is 0 Å². The third-order valence-electron chi connectivity index (χ3n) is 1.63. The standard InChI is InChI=1S/C11H13NS/c1-3-11(13-2)9-12-10-7-5-4-6-8-10/h4-8H,3H2,1-2H3. The minimum Gasteiger partial charge on any atom is -0.205 e. The molecule has 0 saturated heterocycles. The van der Waals surface area contributed by atoms with Crippen molar-refractivity contribution in [1.29, 1.82) is 0 Å². The molecule has 1 nitrogen and oxygen atoms in total. The SMILES string of the molecule is CCC(=C=Nc1ccccc1)SC. The van der Waals surface area contributed by atoms with E-state index in [2.05, 4.69) is 17.8 Å². The van der Waals surface area contributed by atoms with Crippen LogP contribution in [0.3, 0.4) is 0 Å². The van der Waals surface area contributed by atoms with Gasteiger partial charge in [0.1, 0.15) is 0 Å². The molecule has 68 valence electrons. The highest BCUT2D eigenvalue weighted by molar-refractivity contribution is 8.02. The molecule has 0 amide bonds. The Kier molecular flexibility index (Phi) is 4.37. The second-order valence-corrected chi connectivity index (χ2v) is 3.44. The normalized spacial score (nSPS) is 9.08. The van der Waals surface area contributed by atoms with Crippen LogP contribution in [0.2, 0.25) is 0 Å². The number of benzene rings is 1. The molecule has 0 N–H and O–H groups in total. The fourth-order valence-electron chi connectivity index (χ4n) is 0.898. The summed E-state index contributed by atoms with van der Waals surface area (Å²) in [7, 11) is 0. The van der Waals surface area contributed by atoms with Gasteiger partial charge in [-0.05, 0) is 30.7 Å². The lowest BCUT2D eigenvalue weighted by atomic mass is 10.3. The number of thioether (sulfide) groups is 1. The topological polar surface area (TPSA) is 12.4 Å². The van der Waals surface area contributed by atoms with Crippen LogP contribution in [0, 0.1) is 0 Å². The van der Waals surface area contributed by atoms with Crippen molar-refractivity contribution in [2.75, 3.05) is 6.26 Å². The van der Waals surface area contributed by atoms with Crippen molar-refractivity contribution >= 4 is 23.3 Å². The van der Waals surface area contributed by atoms with Gasteiger partial charge in [0.15, 0.2) is 0 Å². The molecular formula is C11H13NS. The number of aliphatic imine (C=N–C) groups is 1. The molecule has 0 atom stereocenters. The van der Waals surface area contributed by atoms with Gasteiger partial charge in [-0.3, -0.25) is 0 Å². The number of rotatable bonds is 3. The lowest BCUT2D eigenvalue weighted by Gasteiger charge is -1.91. The van der Waals surface area contributed by atoms with Crippen LogP contribution in [0.5, 0.6) is 0 Å². The second kappa shape index (κ2) is 5.63. The van der Waals surface area contributed by atoms with E-state index < -0.39 is 0 Å². The molecule has 0 radical (unpaired) electrons. The Hall–Kier alpha value is -0.980. The monoisotopic (exact) mass is 191 g/mol. The Morgan fingerprint density at radius 1 is 1.38 bits per heavy atom. The van der Waals surface area contributed by atoms with Crippen molar-refractivity contribution in [1.82, 2.24) is 0 Å². The van der Waals surface area contributed by atoms with Crippen LogP contribution in [0.25, 0.3) is 0 Å². The van der Waals surface area contributed by atoms with E-state index in [1.807, 2.05) is 36.6 Å². The minimum atomic E-state index is 0.961. The van der Waals surface area contributed by atoms with E-state index in [1.165, 1.54) is 4.91 Å².